The number of carbonyl (C=O) groups excluding carboxylic acids is 1. The highest BCUT2D eigenvalue weighted by Gasteiger charge is 2.35. The lowest BCUT2D eigenvalue weighted by Gasteiger charge is -2.34. The quantitative estimate of drug-likeness (QED) is 0.866. The lowest BCUT2D eigenvalue weighted by atomic mass is 9.93. The topological polar surface area (TPSA) is 72.9 Å². The predicted molar refractivity (Wildman–Crippen MR) is 79.2 cm³/mol. The van der Waals surface area contributed by atoms with Gasteiger partial charge in [0.2, 0.25) is 0 Å². The van der Waals surface area contributed by atoms with E-state index in [1.165, 1.54) is 4.90 Å². The molecule has 2 N–H and O–H groups in total. The molecule has 1 atom stereocenters. The third kappa shape index (κ3) is 3.52. The third-order valence-electron chi connectivity index (χ3n) is 3.61. The smallest absolute Gasteiger partial charge is 0.331 e. The number of hydrogen-bond acceptors (Lipinski definition) is 3. The summed E-state index contributed by atoms with van der Waals surface area (Å²) in [7, 11) is 3.84. The fraction of sp³-hybridized carbons (Fsp3) is 0.467. The van der Waals surface area contributed by atoms with Gasteiger partial charge in [-0.1, -0.05) is 24.3 Å². The van der Waals surface area contributed by atoms with E-state index < -0.39 is 12.0 Å². The van der Waals surface area contributed by atoms with Crippen LogP contribution in [0.2, 0.25) is 0 Å². The fourth-order valence-corrected chi connectivity index (χ4v) is 2.54. The van der Waals surface area contributed by atoms with E-state index in [4.69, 9.17) is 0 Å². The van der Waals surface area contributed by atoms with Crippen molar-refractivity contribution >= 4 is 12.0 Å². The molecule has 1 aliphatic heterocycles. The normalized spacial score (nSPS) is 17.5. The van der Waals surface area contributed by atoms with E-state index in [-0.39, 0.29) is 6.03 Å². The van der Waals surface area contributed by atoms with Gasteiger partial charge < -0.3 is 20.2 Å². The SMILES string of the molecule is CN(C)CCNC(=O)N1CCc2ccccc2C1C(=O)O. The molecule has 114 valence electrons. The number of hydrogen-bond donors (Lipinski definition) is 2. The number of fused-ring (bicyclic) bond motifs is 1. The summed E-state index contributed by atoms with van der Waals surface area (Å²) in [6, 6.07) is 6.18. The zero-order valence-electron chi connectivity index (χ0n) is 12.4. The molecule has 1 aromatic carbocycles. The molecule has 1 unspecified atom stereocenters. The molecule has 0 aromatic heterocycles. The first kappa shape index (κ1) is 15.3. The number of rotatable bonds is 4. The van der Waals surface area contributed by atoms with Crippen molar-refractivity contribution in [3.8, 4) is 0 Å². The Balaban J connectivity index is 2.13. The molecule has 1 aliphatic rings. The number of amides is 2. The van der Waals surface area contributed by atoms with Crippen molar-refractivity contribution in [2.45, 2.75) is 12.5 Å². The Bertz CT molecular complexity index is 531. The van der Waals surface area contributed by atoms with Gasteiger partial charge in [0.05, 0.1) is 0 Å². The Hall–Kier alpha value is -2.08. The standard InChI is InChI=1S/C15H21N3O3/c1-17(2)10-8-16-15(21)18-9-7-11-5-3-4-6-12(11)13(18)14(19)20/h3-6,13H,7-10H2,1-2H3,(H,16,21)(H,19,20). The molecule has 0 spiro atoms. The van der Waals surface area contributed by atoms with Crippen LogP contribution in [-0.4, -0.2) is 60.6 Å². The van der Waals surface area contributed by atoms with Gasteiger partial charge >= 0.3 is 12.0 Å². The average molecular weight is 291 g/mol. The van der Waals surface area contributed by atoms with Crippen LogP contribution in [0.1, 0.15) is 17.2 Å². The molecule has 2 amide bonds. The Labute approximate surface area is 124 Å². The summed E-state index contributed by atoms with van der Waals surface area (Å²) < 4.78 is 0. The fourth-order valence-electron chi connectivity index (χ4n) is 2.54. The second-order valence-corrected chi connectivity index (χ2v) is 5.42. The van der Waals surface area contributed by atoms with Crippen molar-refractivity contribution in [2.75, 3.05) is 33.7 Å². The Kier molecular flexibility index (Phi) is 4.80. The maximum atomic E-state index is 12.2. The Morgan fingerprint density at radius 1 is 1.38 bits per heavy atom. The van der Waals surface area contributed by atoms with Crippen molar-refractivity contribution in [1.29, 1.82) is 0 Å². The van der Waals surface area contributed by atoms with Crippen LogP contribution in [0, 0.1) is 0 Å². The molecule has 2 rings (SSSR count). The Morgan fingerprint density at radius 3 is 2.76 bits per heavy atom. The number of nitrogens with zero attached hydrogens (tertiary/aromatic N) is 2. The van der Waals surface area contributed by atoms with Crippen LogP contribution in [0.5, 0.6) is 0 Å². The first-order chi connectivity index (χ1) is 10.0. The van der Waals surface area contributed by atoms with Gasteiger partial charge in [0.1, 0.15) is 0 Å². The lowest BCUT2D eigenvalue weighted by Crippen LogP contribution is -2.49. The van der Waals surface area contributed by atoms with Crippen molar-refractivity contribution in [3.05, 3.63) is 35.4 Å². The average Bonchev–Trinajstić information content (AvgIpc) is 2.45. The maximum absolute atomic E-state index is 12.2. The van der Waals surface area contributed by atoms with Crippen LogP contribution in [0.25, 0.3) is 0 Å². The minimum atomic E-state index is -0.995. The van der Waals surface area contributed by atoms with Gasteiger partial charge in [0, 0.05) is 19.6 Å². The summed E-state index contributed by atoms with van der Waals surface area (Å²) in [5.74, 6) is -0.995. The number of benzene rings is 1. The molecule has 0 radical (unpaired) electrons. The van der Waals surface area contributed by atoms with E-state index >= 15 is 0 Å². The van der Waals surface area contributed by atoms with Gasteiger partial charge in [-0.15, -0.1) is 0 Å². The molecule has 0 bridgehead atoms. The monoisotopic (exact) mass is 291 g/mol. The number of aliphatic carboxylic acids is 1. The van der Waals surface area contributed by atoms with E-state index in [0.29, 0.717) is 31.6 Å². The van der Waals surface area contributed by atoms with Crippen molar-refractivity contribution in [3.63, 3.8) is 0 Å². The zero-order valence-corrected chi connectivity index (χ0v) is 12.4. The number of urea groups is 1. The van der Waals surface area contributed by atoms with Crippen molar-refractivity contribution in [1.82, 2.24) is 15.1 Å². The summed E-state index contributed by atoms with van der Waals surface area (Å²) >= 11 is 0. The molecule has 1 aromatic rings. The van der Waals surface area contributed by atoms with Crippen molar-refractivity contribution < 1.29 is 14.7 Å². The maximum Gasteiger partial charge on any atom is 0.331 e. The summed E-state index contributed by atoms with van der Waals surface area (Å²) in [6.07, 6.45) is 0.682. The van der Waals surface area contributed by atoms with Gasteiger partial charge in [-0.05, 0) is 31.6 Å². The van der Waals surface area contributed by atoms with E-state index in [1.54, 1.807) is 6.07 Å². The van der Waals surface area contributed by atoms with Crippen LogP contribution in [0.3, 0.4) is 0 Å². The van der Waals surface area contributed by atoms with E-state index in [1.807, 2.05) is 37.2 Å². The van der Waals surface area contributed by atoms with Gasteiger partial charge in [-0.3, -0.25) is 0 Å². The number of likely N-dealkylation sites (N-methyl/N-ethyl adjacent to an activating group) is 1. The van der Waals surface area contributed by atoms with E-state index in [0.717, 1.165) is 5.56 Å². The van der Waals surface area contributed by atoms with Crippen LogP contribution in [0.4, 0.5) is 4.79 Å². The van der Waals surface area contributed by atoms with Crippen molar-refractivity contribution in [2.24, 2.45) is 0 Å². The highest BCUT2D eigenvalue weighted by atomic mass is 16.4. The number of carboxylic acid groups (broad SMARTS) is 1. The molecule has 0 fully saturated rings. The predicted octanol–water partition coefficient (Wildman–Crippen LogP) is 0.942. The molecular weight excluding hydrogens is 270 g/mol. The van der Waals surface area contributed by atoms with E-state index in [2.05, 4.69) is 5.32 Å². The highest BCUT2D eigenvalue weighted by Crippen LogP contribution is 2.29. The van der Waals surface area contributed by atoms with Crippen LogP contribution in [0.15, 0.2) is 24.3 Å². The zero-order chi connectivity index (χ0) is 15.4. The second kappa shape index (κ2) is 6.58. The second-order valence-electron chi connectivity index (χ2n) is 5.42. The minimum Gasteiger partial charge on any atom is -0.479 e. The number of nitrogens with one attached hydrogen (secondary N) is 1. The van der Waals surface area contributed by atoms with Crippen LogP contribution in [-0.2, 0) is 11.2 Å². The summed E-state index contributed by atoms with van der Waals surface area (Å²) in [5.41, 5.74) is 1.71. The van der Waals surface area contributed by atoms with Gasteiger partial charge in [0.25, 0.3) is 0 Å². The summed E-state index contributed by atoms with van der Waals surface area (Å²) in [5, 5.41) is 12.3. The first-order valence-electron chi connectivity index (χ1n) is 7.00. The van der Waals surface area contributed by atoms with Gasteiger partial charge in [-0.2, -0.15) is 0 Å². The van der Waals surface area contributed by atoms with Crippen LogP contribution >= 0.6 is 0 Å². The third-order valence-corrected chi connectivity index (χ3v) is 3.61. The first-order valence-corrected chi connectivity index (χ1v) is 7.00. The van der Waals surface area contributed by atoms with Gasteiger partial charge in [-0.25, -0.2) is 9.59 Å². The Morgan fingerprint density at radius 2 is 2.10 bits per heavy atom. The summed E-state index contributed by atoms with van der Waals surface area (Å²) in [6.45, 7) is 1.63. The van der Waals surface area contributed by atoms with Gasteiger partial charge in [0.15, 0.2) is 6.04 Å². The lowest BCUT2D eigenvalue weighted by molar-refractivity contribution is -0.142. The number of carbonyl (C=O) groups is 2. The largest absolute Gasteiger partial charge is 0.479 e. The summed E-state index contributed by atoms with van der Waals surface area (Å²) in [4.78, 5) is 27.2. The molecule has 0 saturated heterocycles. The highest BCUT2D eigenvalue weighted by molar-refractivity contribution is 5.84. The molecule has 6 nitrogen and oxygen atoms in total. The molecule has 0 aliphatic carbocycles. The van der Waals surface area contributed by atoms with Crippen LogP contribution < -0.4 is 5.32 Å². The molecule has 1 heterocycles. The molecule has 21 heavy (non-hydrogen) atoms. The minimum absolute atomic E-state index is 0.321. The molecular formula is C15H21N3O3. The number of carboxylic acids is 1. The molecule has 0 saturated carbocycles. The van der Waals surface area contributed by atoms with E-state index in [9.17, 15) is 14.7 Å². The molecule has 6 heteroatoms.